The van der Waals surface area contributed by atoms with E-state index >= 15 is 0 Å². The smallest absolute Gasteiger partial charge is 0.321 e. The Kier molecular flexibility index (Phi) is 6.30. The highest BCUT2D eigenvalue weighted by Crippen LogP contribution is 2.35. The van der Waals surface area contributed by atoms with Crippen LogP contribution in [-0.4, -0.2) is 25.9 Å². The lowest BCUT2D eigenvalue weighted by atomic mass is 10.0. The highest BCUT2D eigenvalue weighted by Gasteiger charge is 2.36. The Hall–Kier alpha value is -3.12. The van der Waals surface area contributed by atoms with Crippen LogP contribution < -0.4 is 5.32 Å². The number of alkyl halides is 3. The Labute approximate surface area is 200 Å². The van der Waals surface area contributed by atoms with Crippen LogP contribution in [0.15, 0.2) is 70.0 Å². The van der Waals surface area contributed by atoms with Crippen LogP contribution in [0.5, 0.6) is 0 Å². The number of anilines is 1. The van der Waals surface area contributed by atoms with E-state index in [0.717, 1.165) is 17.1 Å². The van der Waals surface area contributed by atoms with E-state index in [1.54, 1.807) is 18.2 Å². The monoisotopic (exact) mass is 583 g/mol. The summed E-state index contributed by atoms with van der Waals surface area (Å²) in [5.41, 5.74) is 0.323. The second kappa shape index (κ2) is 9.02. The Morgan fingerprint density at radius 1 is 0.970 bits per heavy atom. The van der Waals surface area contributed by atoms with Gasteiger partial charge in [0.15, 0.2) is 5.82 Å². The molecule has 12 heteroatoms. The molecular weight excluding hydrogens is 574 g/mol. The average molecular weight is 585 g/mol. The second-order valence-electron chi connectivity index (χ2n) is 6.68. The predicted molar refractivity (Wildman–Crippen MR) is 119 cm³/mol. The van der Waals surface area contributed by atoms with Gasteiger partial charge in [0.1, 0.15) is 11.4 Å². The van der Waals surface area contributed by atoms with E-state index in [-0.39, 0.29) is 11.3 Å². The van der Waals surface area contributed by atoms with Crippen LogP contribution in [0.25, 0.3) is 16.9 Å². The molecule has 1 N–H and O–H groups in total. The van der Waals surface area contributed by atoms with E-state index in [1.165, 1.54) is 30.6 Å². The maximum atomic E-state index is 13.6. The van der Waals surface area contributed by atoms with Crippen molar-refractivity contribution in [3.05, 3.63) is 86.9 Å². The Balaban J connectivity index is 1.62. The van der Waals surface area contributed by atoms with Crippen molar-refractivity contribution in [2.45, 2.75) is 6.18 Å². The number of amides is 1. The van der Waals surface area contributed by atoms with Crippen molar-refractivity contribution in [2.75, 3.05) is 5.32 Å². The van der Waals surface area contributed by atoms with E-state index in [0.29, 0.717) is 20.1 Å². The number of benzene rings is 2. The topological polar surface area (TPSA) is 72.7 Å². The first-order chi connectivity index (χ1) is 15.6. The molecule has 4 rings (SSSR count). The number of carbonyl (C=O) groups excluding carboxylic acids is 1. The summed E-state index contributed by atoms with van der Waals surface area (Å²) in [5, 5.41) is 9.78. The molecular formula is C21H11Br2F4N5O. The van der Waals surface area contributed by atoms with Crippen LogP contribution in [0.2, 0.25) is 0 Å². The number of aromatic nitrogens is 4. The maximum Gasteiger partial charge on any atom is 0.420 e. The summed E-state index contributed by atoms with van der Waals surface area (Å²) >= 11 is 6.61. The number of hydrogen-bond acceptors (Lipinski definition) is 4. The van der Waals surface area contributed by atoms with Crippen molar-refractivity contribution < 1.29 is 22.4 Å². The van der Waals surface area contributed by atoms with Gasteiger partial charge in [-0.25, -0.2) is 9.37 Å². The molecule has 4 aromatic rings. The average Bonchev–Trinajstić information content (AvgIpc) is 3.27. The summed E-state index contributed by atoms with van der Waals surface area (Å²) < 4.78 is 54.9. The van der Waals surface area contributed by atoms with Crippen molar-refractivity contribution >= 4 is 43.5 Å². The molecule has 0 saturated heterocycles. The zero-order valence-corrected chi connectivity index (χ0v) is 19.4. The maximum absolute atomic E-state index is 13.6. The van der Waals surface area contributed by atoms with Crippen molar-refractivity contribution in [2.24, 2.45) is 0 Å². The molecule has 0 aliphatic rings. The predicted octanol–water partition coefficient (Wildman–Crippen LogP) is 6.26. The number of nitrogens with one attached hydrogen (secondary N) is 1. The molecule has 0 fully saturated rings. The third-order valence-electron chi connectivity index (χ3n) is 4.49. The van der Waals surface area contributed by atoms with Gasteiger partial charge in [-0.05, 0) is 57.4 Å². The van der Waals surface area contributed by atoms with Gasteiger partial charge in [0.25, 0.3) is 5.91 Å². The fourth-order valence-electron chi connectivity index (χ4n) is 3.01. The molecule has 1 amide bonds. The summed E-state index contributed by atoms with van der Waals surface area (Å²) in [5.74, 6) is -1.56. The third-order valence-corrected chi connectivity index (χ3v) is 5.81. The van der Waals surface area contributed by atoms with Crippen LogP contribution in [0.1, 0.15) is 15.9 Å². The van der Waals surface area contributed by atoms with Gasteiger partial charge >= 0.3 is 6.18 Å². The zero-order chi connectivity index (χ0) is 23.8. The lowest BCUT2D eigenvalue weighted by molar-refractivity contribution is -0.137. The Bertz CT molecular complexity index is 1340. The number of hydrogen-bond donors (Lipinski definition) is 1. The lowest BCUT2D eigenvalue weighted by Gasteiger charge is -2.14. The van der Waals surface area contributed by atoms with Crippen LogP contribution in [-0.2, 0) is 6.18 Å². The van der Waals surface area contributed by atoms with Gasteiger partial charge in [-0.1, -0.05) is 28.1 Å². The molecule has 6 nitrogen and oxygen atoms in total. The molecule has 33 heavy (non-hydrogen) atoms. The molecule has 0 radical (unpaired) electrons. The number of nitrogens with zero attached hydrogens (tertiary/aromatic N) is 4. The summed E-state index contributed by atoms with van der Waals surface area (Å²) in [7, 11) is 0. The molecule has 0 saturated carbocycles. The number of pyridine rings is 1. The van der Waals surface area contributed by atoms with Gasteiger partial charge in [0.2, 0.25) is 0 Å². The lowest BCUT2D eigenvalue weighted by Crippen LogP contribution is -2.17. The Morgan fingerprint density at radius 3 is 2.33 bits per heavy atom. The number of halogens is 6. The minimum absolute atomic E-state index is 0.152. The number of rotatable bonds is 4. The summed E-state index contributed by atoms with van der Waals surface area (Å²) in [6, 6.07) is 9.77. The van der Waals surface area contributed by atoms with Gasteiger partial charge in [-0.3, -0.25) is 4.79 Å². The molecule has 0 atom stereocenters. The SMILES string of the molecule is O=C(Nc1cnc(-n2nccn2)c(C(F)(F)F)c1)c1ccc(-c2ccc(F)cc2Br)cc1Br. The summed E-state index contributed by atoms with van der Waals surface area (Å²) in [6.07, 6.45) is -1.21. The molecule has 168 valence electrons. The van der Waals surface area contributed by atoms with Crippen molar-refractivity contribution in [1.29, 1.82) is 0 Å². The summed E-state index contributed by atoms with van der Waals surface area (Å²) in [6.45, 7) is 0. The van der Waals surface area contributed by atoms with E-state index in [9.17, 15) is 22.4 Å². The quantitative estimate of drug-likeness (QED) is 0.287. The normalized spacial score (nSPS) is 11.5. The molecule has 2 aromatic carbocycles. The minimum atomic E-state index is -4.75. The molecule has 0 unspecified atom stereocenters. The first-order valence-electron chi connectivity index (χ1n) is 9.14. The molecule has 2 aromatic heterocycles. The van der Waals surface area contributed by atoms with E-state index < -0.39 is 29.3 Å². The van der Waals surface area contributed by atoms with Crippen LogP contribution in [0, 0.1) is 5.82 Å². The minimum Gasteiger partial charge on any atom is -0.321 e. The fraction of sp³-hybridized carbons (Fsp3) is 0.0476. The van der Waals surface area contributed by atoms with E-state index in [4.69, 9.17) is 0 Å². The Morgan fingerprint density at radius 2 is 1.70 bits per heavy atom. The fourth-order valence-corrected chi connectivity index (χ4v) is 4.15. The van der Waals surface area contributed by atoms with Gasteiger partial charge in [0.05, 0.1) is 29.8 Å². The highest BCUT2D eigenvalue weighted by atomic mass is 79.9. The van der Waals surface area contributed by atoms with E-state index in [1.807, 2.05) is 0 Å². The van der Waals surface area contributed by atoms with Crippen LogP contribution in [0.3, 0.4) is 0 Å². The standard InChI is InChI=1S/C21H11Br2F4N5O/c22-17-7-11(14-4-2-12(24)8-18(14)23)1-3-15(17)20(33)31-13-9-16(21(25,26)27)19(28-10-13)32-29-5-6-30-32/h1-10H,(H,31,33). The van der Waals surface area contributed by atoms with Gasteiger partial charge in [-0.15, -0.1) is 4.80 Å². The van der Waals surface area contributed by atoms with Gasteiger partial charge in [0, 0.05) is 8.95 Å². The first kappa shape index (κ1) is 23.1. The zero-order valence-electron chi connectivity index (χ0n) is 16.2. The molecule has 0 bridgehead atoms. The first-order valence-corrected chi connectivity index (χ1v) is 10.7. The van der Waals surface area contributed by atoms with Crippen molar-refractivity contribution in [3.8, 4) is 16.9 Å². The van der Waals surface area contributed by atoms with Gasteiger partial charge < -0.3 is 5.32 Å². The second-order valence-corrected chi connectivity index (χ2v) is 8.39. The molecule has 2 heterocycles. The largest absolute Gasteiger partial charge is 0.420 e. The third kappa shape index (κ3) is 4.96. The number of carbonyl (C=O) groups is 1. The molecule has 0 aliphatic heterocycles. The van der Waals surface area contributed by atoms with Gasteiger partial charge in [-0.2, -0.15) is 23.4 Å². The summed E-state index contributed by atoms with van der Waals surface area (Å²) in [4.78, 5) is 17.3. The van der Waals surface area contributed by atoms with E-state index in [2.05, 4.69) is 52.4 Å². The van der Waals surface area contributed by atoms with Crippen molar-refractivity contribution in [3.63, 3.8) is 0 Å². The highest BCUT2D eigenvalue weighted by molar-refractivity contribution is 9.11. The molecule has 0 aliphatic carbocycles. The van der Waals surface area contributed by atoms with Crippen molar-refractivity contribution in [1.82, 2.24) is 20.0 Å². The molecule has 0 spiro atoms. The van der Waals surface area contributed by atoms with Crippen LogP contribution >= 0.6 is 31.9 Å². The van der Waals surface area contributed by atoms with Crippen LogP contribution in [0.4, 0.5) is 23.2 Å².